The fourth-order valence-corrected chi connectivity index (χ4v) is 5.20. The molecule has 156 valence electrons. The standard InChI is InChI=1S/C20H26N4O4S/c1-4-23(19(28)16-12-29-20(3)10-9-18(27)24(16)20)11-17(26)22-15-7-5-14(6-8-15)21-13(2)25/h5-8,16H,4,9-12H2,1-3H3,(H,21,25)(H,22,26)/t16-,20+/m0/s1. The fourth-order valence-electron chi connectivity index (χ4n) is 3.77. The second kappa shape index (κ2) is 8.44. The third-order valence-corrected chi connectivity index (χ3v) is 6.75. The van der Waals surface area contributed by atoms with Crippen LogP contribution in [0.15, 0.2) is 24.3 Å². The van der Waals surface area contributed by atoms with E-state index < -0.39 is 6.04 Å². The van der Waals surface area contributed by atoms with Crippen molar-refractivity contribution in [1.82, 2.24) is 9.80 Å². The molecule has 29 heavy (non-hydrogen) atoms. The molecule has 0 spiro atoms. The molecule has 2 N–H and O–H groups in total. The van der Waals surface area contributed by atoms with Crippen molar-refractivity contribution in [3.8, 4) is 0 Å². The maximum atomic E-state index is 13.0. The van der Waals surface area contributed by atoms with E-state index in [0.717, 1.165) is 6.42 Å². The van der Waals surface area contributed by atoms with Crippen LogP contribution in [0.25, 0.3) is 0 Å². The van der Waals surface area contributed by atoms with Gasteiger partial charge in [-0.25, -0.2) is 0 Å². The summed E-state index contributed by atoms with van der Waals surface area (Å²) in [5.74, 6) is -0.0972. The first-order valence-corrected chi connectivity index (χ1v) is 10.6. The Morgan fingerprint density at radius 2 is 1.83 bits per heavy atom. The number of amides is 4. The Morgan fingerprint density at radius 1 is 1.21 bits per heavy atom. The van der Waals surface area contributed by atoms with Crippen LogP contribution in [-0.4, -0.2) is 63.2 Å². The number of thioether (sulfide) groups is 1. The van der Waals surface area contributed by atoms with Gasteiger partial charge in [0.15, 0.2) is 0 Å². The third-order valence-electron chi connectivity index (χ3n) is 5.25. The lowest BCUT2D eigenvalue weighted by Crippen LogP contribution is -2.52. The van der Waals surface area contributed by atoms with Crippen LogP contribution in [0.3, 0.4) is 0 Å². The van der Waals surface area contributed by atoms with Gasteiger partial charge in [0.2, 0.25) is 23.6 Å². The molecule has 2 aliphatic rings. The Balaban J connectivity index is 1.60. The van der Waals surface area contributed by atoms with Crippen molar-refractivity contribution in [2.45, 2.75) is 44.5 Å². The van der Waals surface area contributed by atoms with E-state index in [1.165, 1.54) is 11.8 Å². The minimum absolute atomic E-state index is 0.00983. The SMILES string of the molecule is CCN(CC(=O)Nc1ccc(NC(C)=O)cc1)C(=O)[C@@H]1CS[C@]2(C)CCC(=O)N12. The van der Waals surface area contributed by atoms with Crippen molar-refractivity contribution in [2.24, 2.45) is 0 Å². The summed E-state index contributed by atoms with van der Waals surface area (Å²) in [4.78, 5) is 51.7. The number of anilines is 2. The van der Waals surface area contributed by atoms with E-state index in [2.05, 4.69) is 10.6 Å². The van der Waals surface area contributed by atoms with Crippen LogP contribution in [-0.2, 0) is 19.2 Å². The van der Waals surface area contributed by atoms with Gasteiger partial charge in [-0.05, 0) is 44.5 Å². The van der Waals surface area contributed by atoms with Crippen LogP contribution in [0.1, 0.15) is 33.6 Å². The van der Waals surface area contributed by atoms with E-state index >= 15 is 0 Å². The van der Waals surface area contributed by atoms with Crippen molar-refractivity contribution in [3.05, 3.63) is 24.3 Å². The molecular formula is C20H26N4O4S. The first-order valence-electron chi connectivity index (χ1n) is 9.66. The molecule has 3 rings (SSSR count). The van der Waals surface area contributed by atoms with Gasteiger partial charge in [0.1, 0.15) is 6.04 Å². The second-order valence-electron chi connectivity index (χ2n) is 7.42. The highest BCUT2D eigenvalue weighted by Crippen LogP contribution is 2.47. The largest absolute Gasteiger partial charge is 0.332 e. The number of likely N-dealkylation sites (N-methyl/N-ethyl adjacent to an activating group) is 1. The molecule has 1 aromatic carbocycles. The summed E-state index contributed by atoms with van der Waals surface area (Å²) in [5, 5.41) is 5.42. The molecule has 2 heterocycles. The summed E-state index contributed by atoms with van der Waals surface area (Å²) in [6, 6.07) is 6.24. The highest BCUT2D eigenvalue weighted by Gasteiger charge is 2.53. The summed E-state index contributed by atoms with van der Waals surface area (Å²) in [5.41, 5.74) is 1.21. The fraction of sp³-hybridized carbons (Fsp3) is 0.500. The summed E-state index contributed by atoms with van der Waals surface area (Å²) in [6.45, 7) is 5.55. The molecule has 0 unspecified atom stereocenters. The zero-order valence-electron chi connectivity index (χ0n) is 16.9. The van der Waals surface area contributed by atoms with Crippen molar-refractivity contribution in [3.63, 3.8) is 0 Å². The van der Waals surface area contributed by atoms with Crippen molar-refractivity contribution in [2.75, 3.05) is 29.5 Å². The zero-order chi connectivity index (χ0) is 21.2. The van der Waals surface area contributed by atoms with Gasteiger partial charge in [-0.2, -0.15) is 0 Å². The van der Waals surface area contributed by atoms with E-state index in [9.17, 15) is 19.2 Å². The van der Waals surface area contributed by atoms with Gasteiger partial charge in [0.25, 0.3) is 0 Å². The third kappa shape index (κ3) is 4.55. The molecule has 8 nitrogen and oxygen atoms in total. The maximum absolute atomic E-state index is 13.0. The predicted octanol–water partition coefficient (Wildman–Crippen LogP) is 1.89. The highest BCUT2D eigenvalue weighted by molar-refractivity contribution is 8.01. The molecule has 0 radical (unpaired) electrons. The van der Waals surface area contributed by atoms with E-state index in [0.29, 0.717) is 30.1 Å². The smallest absolute Gasteiger partial charge is 0.246 e. The average molecular weight is 419 g/mol. The molecule has 2 atom stereocenters. The number of nitrogens with one attached hydrogen (secondary N) is 2. The van der Waals surface area contributed by atoms with Crippen LogP contribution < -0.4 is 10.6 Å². The Kier molecular flexibility index (Phi) is 6.16. The minimum atomic E-state index is -0.510. The van der Waals surface area contributed by atoms with Gasteiger partial charge in [-0.3, -0.25) is 19.2 Å². The highest BCUT2D eigenvalue weighted by atomic mass is 32.2. The average Bonchev–Trinajstić information content (AvgIpc) is 3.16. The number of hydrogen-bond donors (Lipinski definition) is 2. The predicted molar refractivity (Wildman–Crippen MR) is 112 cm³/mol. The number of fused-ring (bicyclic) bond motifs is 1. The van der Waals surface area contributed by atoms with Crippen molar-refractivity contribution < 1.29 is 19.2 Å². The van der Waals surface area contributed by atoms with E-state index in [1.54, 1.807) is 40.9 Å². The summed E-state index contributed by atoms with van der Waals surface area (Å²) in [6.07, 6.45) is 1.22. The van der Waals surface area contributed by atoms with Crippen LogP contribution in [0.4, 0.5) is 11.4 Å². The Hall–Kier alpha value is -2.55. The van der Waals surface area contributed by atoms with Gasteiger partial charge >= 0.3 is 0 Å². The molecule has 2 fully saturated rings. The van der Waals surface area contributed by atoms with E-state index in [4.69, 9.17) is 0 Å². The van der Waals surface area contributed by atoms with Crippen LogP contribution >= 0.6 is 11.8 Å². The number of carbonyl (C=O) groups excluding carboxylic acids is 4. The molecule has 0 aliphatic carbocycles. The van der Waals surface area contributed by atoms with Crippen LogP contribution in [0.2, 0.25) is 0 Å². The lowest BCUT2D eigenvalue weighted by molar-refractivity contribution is -0.144. The van der Waals surface area contributed by atoms with Crippen molar-refractivity contribution >= 4 is 46.8 Å². The monoisotopic (exact) mass is 418 g/mol. The van der Waals surface area contributed by atoms with E-state index in [1.807, 2.05) is 13.8 Å². The zero-order valence-corrected chi connectivity index (χ0v) is 17.7. The summed E-state index contributed by atoms with van der Waals surface area (Å²) >= 11 is 1.64. The number of nitrogens with zero attached hydrogens (tertiary/aromatic N) is 2. The number of rotatable bonds is 6. The lowest BCUT2D eigenvalue weighted by Gasteiger charge is -2.32. The topological polar surface area (TPSA) is 98.8 Å². The minimum Gasteiger partial charge on any atom is -0.332 e. The molecule has 0 saturated carbocycles. The van der Waals surface area contributed by atoms with Crippen molar-refractivity contribution in [1.29, 1.82) is 0 Å². The summed E-state index contributed by atoms with van der Waals surface area (Å²) < 4.78 is 0. The Morgan fingerprint density at radius 3 is 2.41 bits per heavy atom. The van der Waals surface area contributed by atoms with Gasteiger partial charge < -0.3 is 20.4 Å². The molecule has 2 aliphatic heterocycles. The quantitative estimate of drug-likeness (QED) is 0.735. The number of hydrogen-bond acceptors (Lipinski definition) is 5. The van der Waals surface area contributed by atoms with E-state index in [-0.39, 0.29) is 35.0 Å². The first kappa shape index (κ1) is 21.2. The van der Waals surface area contributed by atoms with Crippen LogP contribution in [0.5, 0.6) is 0 Å². The second-order valence-corrected chi connectivity index (χ2v) is 8.93. The van der Waals surface area contributed by atoms with Gasteiger partial charge in [0, 0.05) is 37.0 Å². The first-order chi connectivity index (χ1) is 13.7. The normalized spacial score (nSPS) is 22.9. The molecule has 1 aromatic rings. The molecular weight excluding hydrogens is 392 g/mol. The number of benzene rings is 1. The maximum Gasteiger partial charge on any atom is 0.246 e. The molecule has 4 amide bonds. The Labute approximate surface area is 174 Å². The molecule has 2 saturated heterocycles. The number of carbonyl (C=O) groups is 4. The lowest BCUT2D eigenvalue weighted by atomic mass is 10.2. The van der Waals surface area contributed by atoms with Gasteiger partial charge in [-0.15, -0.1) is 11.8 Å². The Bertz CT molecular complexity index is 828. The molecule has 0 bridgehead atoms. The summed E-state index contributed by atoms with van der Waals surface area (Å²) in [7, 11) is 0. The van der Waals surface area contributed by atoms with Gasteiger partial charge in [0.05, 0.1) is 11.4 Å². The molecule has 9 heteroatoms. The van der Waals surface area contributed by atoms with Crippen LogP contribution in [0, 0.1) is 0 Å². The molecule has 0 aromatic heterocycles. The van der Waals surface area contributed by atoms with Gasteiger partial charge in [-0.1, -0.05) is 0 Å².